The number of ether oxygens (including phenoxy) is 1. The summed E-state index contributed by atoms with van der Waals surface area (Å²) in [5.74, 6) is -0.289. The summed E-state index contributed by atoms with van der Waals surface area (Å²) in [6.45, 7) is 2.12. The second kappa shape index (κ2) is 9.18. The fourth-order valence-corrected chi connectivity index (χ4v) is 3.13. The van der Waals surface area contributed by atoms with Gasteiger partial charge in [0, 0.05) is 0 Å². The van der Waals surface area contributed by atoms with Crippen molar-refractivity contribution in [2.75, 3.05) is 7.11 Å². The summed E-state index contributed by atoms with van der Waals surface area (Å²) < 4.78 is 4.73. The van der Waals surface area contributed by atoms with Crippen LogP contribution in [0.5, 0.6) is 0 Å². The van der Waals surface area contributed by atoms with Crippen molar-refractivity contribution >= 4 is 5.97 Å². The zero-order valence-corrected chi connectivity index (χ0v) is 16.1. The normalized spacial score (nSPS) is 10.6. The number of esters is 1. The SMILES string of the molecule is COC(=O)c1ccc(CCc2ccc(CCc3ccc(C)cc3)cc2)cc1. The highest BCUT2D eigenvalue weighted by Crippen LogP contribution is 2.13. The first-order valence-corrected chi connectivity index (χ1v) is 9.44. The van der Waals surface area contributed by atoms with Gasteiger partial charge in [0.15, 0.2) is 0 Å². The molecule has 0 fully saturated rings. The summed E-state index contributed by atoms with van der Waals surface area (Å²) in [5, 5.41) is 0. The largest absolute Gasteiger partial charge is 0.465 e. The molecule has 0 saturated heterocycles. The molecule has 0 heterocycles. The van der Waals surface area contributed by atoms with Gasteiger partial charge in [0.25, 0.3) is 0 Å². The highest BCUT2D eigenvalue weighted by atomic mass is 16.5. The Hall–Kier alpha value is -2.87. The van der Waals surface area contributed by atoms with Crippen LogP contribution in [-0.2, 0) is 30.4 Å². The third-order valence-electron chi connectivity index (χ3n) is 4.92. The van der Waals surface area contributed by atoms with E-state index in [2.05, 4.69) is 55.5 Å². The van der Waals surface area contributed by atoms with Crippen LogP contribution in [0, 0.1) is 6.92 Å². The van der Waals surface area contributed by atoms with Crippen molar-refractivity contribution in [2.24, 2.45) is 0 Å². The fourth-order valence-electron chi connectivity index (χ4n) is 3.13. The molecule has 0 radical (unpaired) electrons. The van der Waals surface area contributed by atoms with Crippen molar-refractivity contribution in [1.29, 1.82) is 0 Å². The number of carbonyl (C=O) groups is 1. The van der Waals surface area contributed by atoms with Crippen LogP contribution in [-0.4, -0.2) is 13.1 Å². The molecular formula is C25H26O2. The van der Waals surface area contributed by atoms with Gasteiger partial charge in [-0.15, -0.1) is 0 Å². The molecule has 3 aromatic rings. The van der Waals surface area contributed by atoms with E-state index in [0.29, 0.717) is 5.56 Å². The molecule has 3 rings (SSSR count). The van der Waals surface area contributed by atoms with Crippen molar-refractivity contribution < 1.29 is 9.53 Å². The van der Waals surface area contributed by atoms with Crippen LogP contribution in [0.25, 0.3) is 0 Å². The molecule has 0 bridgehead atoms. The molecule has 2 nitrogen and oxygen atoms in total. The Kier molecular flexibility index (Phi) is 6.43. The molecule has 0 atom stereocenters. The lowest BCUT2D eigenvalue weighted by molar-refractivity contribution is 0.0600. The number of hydrogen-bond donors (Lipinski definition) is 0. The van der Waals surface area contributed by atoms with Gasteiger partial charge in [0.2, 0.25) is 0 Å². The maximum atomic E-state index is 11.5. The third kappa shape index (κ3) is 5.55. The Morgan fingerprint density at radius 1 is 0.630 bits per heavy atom. The van der Waals surface area contributed by atoms with Gasteiger partial charge < -0.3 is 4.74 Å². The van der Waals surface area contributed by atoms with Crippen molar-refractivity contribution in [3.05, 3.63) is 106 Å². The quantitative estimate of drug-likeness (QED) is 0.532. The first kappa shape index (κ1) is 18.9. The van der Waals surface area contributed by atoms with Gasteiger partial charge in [-0.3, -0.25) is 0 Å². The van der Waals surface area contributed by atoms with E-state index in [4.69, 9.17) is 4.74 Å². The van der Waals surface area contributed by atoms with Crippen LogP contribution in [0.1, 0.15) is 38.2 Å². The molecule has 0 aliphatic heterocycles. The van der Waals surface area contributed by atoms with E-state index >= 15 is 0 Å². The molecule has 0 aliphatic carbocycles. The van der Waals surface area contributed by atoms with E-state index in [1.165, 1.54) is 34.9 Å². The predicted octanol–water partition coefficient (Wildman–Crippen LogP) is 5.35. The summed E-state index contributed by atoms with van der Waals surface area (Å²) >= 11 is 0. The van der Waals surface area contributed by atoms with Gasteiger partial charge in [-0.05, 0) is 67.0 Å². The van der Waals surface area contributed by atoms with Crippen LogP contribution < -0.4 is 0 Å². The van der Waals surface area contributed by atoms with E-state index in [-0.39, 0.29) is 5.97 Å². The summed E-state index contributed by atoms with van der Waals surface area (Å²) in [7, 11) is 1.40. The summed E-state index contributed by atoms with van der Waals surface area (Å²) in [5.41, 5.74) is 7.24. The highest BCUT2D eigenvalue weighted by Gasteiger charge is 2.04. The summed E-state index contributed by atoms with van der Waals surface area (Å²) in [6, 6.07) is 25.4. The lowest BCUT2D eigenvalue weighted by Crippen LogP contribution is -2.01. The molecule has 3 aromatic carbocycles. The van der Waals surface area contributed by atoms with E-state index in [9.17, 15) is 4.79 Å². The van der Waals surface area contributed by atoms with Crippen LogP contribution in [0.2, 0.25) is 0 Å². The average Bonchev–Trinajstić information content (AvgIpc) is 2.72. The van der Waals surface area contributed by atoms with Crippen molar-refractivity contribution in [3.63, 3.8) is 0 Å². The van der Waals surface area contributed by atoms with Crippen molar-refractivity contribution in [1.82, 2.24) is 0 Å². The highest BCUT2D eigenvalue weighted by molar-refractivity contribution is 5.89. The van der Waals surface area contributed by atoms with Crippen LogP contribution in [0.3, 0.4) is 0 Å². The van der Waals surface area contributed by atoms with Crippen LogP contribution >= 0.6 is 0 Å². The first-order chi connectivity index (χ1) is 13.1. The number of rotatable bonds is 7. The minimum absolute atomic E-state index is 0.289. The summed E-state index contributed by atoms with van der Waals surface area (Å²) in [4.78, 5) is 11.5. The fraction of sp³-hybridized carbons (Fsp3) is 0.240. The Labute approximate surface area is 161 Å². The topological polar surface area (TPSA) is 26.3 Å². The first-order valence-electron chi connectivity index (χ1n) is 9.44. The minimum atomic E-state index is -0.289. The number of benzene rings is 3. The lowest BCUT2D eigenvalue weighted by atomic mass is 9.99. The van der Waals surface area contributed by atoms with Crippen LogP contribution in [0.4, 0.5) is 0 Å². The third-order valence-corrected chi connectivity index (χ3v) is 4.92. The molecule has 0 aromatic heterocycles. The molecule has 2 heteroatoms. The van der Waals surface area contributed by atoms with Gasteiger partial charge in [-0.25, -0.2) is 4.79 Å². The molecule has 0 amide bonds. The maximum absolute atomic E-state index is 11.5. The number of carbonyl (C=O) groups excluding carboxylic acids is 1. The van der Waals surface area contributed by atoms with E-state index in [1.54, 1.807) is 0 Å². The molecule has 0 aliphatic rings. The van der Waals surface area contributed by atoms with Gasteiger partial charge in [0.1, 0.15) is 0 Å². The molecule has 0 unspecified atom stereocenters. The number of hydrogen-bond acceptors (Lipinski definition) is 2. The van der Waals surface area contributed by atoms with Crippen molar-refractivity contribution in [2.45, 2.75) is 32.6 Å². The van der Waals surface area contributed by atoms with Crippen LogP contribution in [0.15, 0.2) is 72.8 Å². The molecule has 0 saturated carbocycles. The smallest absolute Gasteiger partial charge is 0.337 e. The zero-order chi connectivity index (χ0) is 19.1. The number of methoxy groups -OCH3 is 1. The molecule has 138 valence electrons. The maximum Gasteiger partial charge on any atom is 0.337 e. The molecule has 0 N–H and O–H groups in total. The van der Waals surface area contributed by atoms with E-state index in [1.807, 2.05) is 24.3 Å². The van der Waals surface area contributed by atoms with E-state index < -0.39 is 0 Å². The number of aryl methyl sites for hydroxylation is 5. The van der Waals surface area contributed by atoms with Gasteiger partial charge in [-0.2, -0.15) is 0 Å². The predicted molar refractivity (Wildman–Crippen MR) is 110 cm³/mol. The summed E-state index contributed by atoms with van der Waals surface area (Å²) in [6.07, 6.45) is 4.10. The Morgan fingerprint density at radius 2 is 0.963 bits per heavy atom. The molecule has 27 heavy (non-hydrogen) atoms. The van der Waals surface area contributed by atoms with Gasteiger partial charge in [-0.1, -0.05) is 66.2 Å². The average molecular weight is 358 g/mol. The van der Waals surface area contributed by atoms with Crippen molar-refractivity contribution in [3.8, 4) is 0 Å². The van der Waals surface area contributed by atoms with Gasteiger partial charge in [0.05, 0.1) is 12.7 Å². The van der Waals surface area contributed by atoms with Gasteiger partial charge >= 0.3 is 5.97 Å². The standard InChI is InChI=1S/C25H26O2/c1-19-3-5-20(6-4-19)7-8-21-9-11-22(12-10-21)13-14-23-15-17-24(18-16-23)25(26)27-2/h3-6,9-12,15-18H,7-8,13-14H2,1-2H3. The minimum Gasteiger partial charge on any atom is -0.465 e. The second-order valence-corrected chi connectivity index (χ2v) is 6.99. The Balaban J connectivity index is 1.50. The monoisotopic (exact) mass is 358 g/mol. The lowest BCUT2D eigenvalue weighted by Gasteiger charge is -2.06. The Bertz CT molecular complexity index is 860. The second-order valence-electron chi connectivity index (χ2n) is 6.99. The Morgan fingerprint density at radius 3 is 1.33 bits per heavy atom. The van der Waals surface area contributed by atoms with E-state index in [0.717, 1.165) is 25.7 Å². The zero-order valence-electron chi connectivity index (χ0n) is 16.1. The molecular weight excluding hydrogens is 332 g/mol. The molecule has 0 spiro atoms.